The van der Waals surface area contributed by atoms with Crippen molar-refractivity contribution < 1.29 is 36.9 Å². The molecule has 0 aliphatic carbocycles. The molecule has 0 unspecified atom stereocenters. The number of fused-ring (bicyclic) bond motifs is 1. The monoisotopic (exact) mass is 605 g/mol. The predicted molar refractivity (Wildman–Crippen MR) is 153 cm³/mol. The fourth-order valence-corrected chi connectivity index (χ4v) is 5.20. The third kappa shape index (κ3) is 7.71. The Bertz CT molecular complexity index is 1470. The van der Waals surface area contributed by atoms with Crippen LogP contribution in [0.5, 0.6) is 11.5 Å². The van der Waals surface area contributed by atoms with Crippen LogP contribution in [0.2, 0.25) is 25.7 Å². The molecule has 2 aromatic carbocycles. The molecule has 0 saturated heterocycles. The molecule has 0 radical (unpaired) electrons. The molecule has 1 aliphatic heterocycles. The smallest absolute Gasteiger partial charge is 0.423 e. The normalized spacial score (nSPS) is 13.2. The van der Waals surface area contributed by atoms with E-state index < -0.39 is 31.3 Å². The van der Waals surface area contributed by atoms with Crippen LogP contribution in [0.4, 0.5) is 18.9 Å². The number of ether oxygens (including phenoxy) is 4. The second-order valence-electron chi connectivity index (χ2n) is 11.0. The van der Waals surface area contributed by atoms with Crippen molar-refractivity contribution in [2.45, 2.75) is 51.7 Å². The van der Waals surface area contributed by atoms with Crippen molar-refractivity contribution in [3.05, 3.63) is 81.3 Å². The molecule has 1 aromatic heterocycles. The number of aromatic nitrogens is 2. The van der Waals surface area contributed by atoms with Gasteiger partial charge in [0.05, 0.1) is 24.6 Å². The van der Waals surface area contributed by atoms with Gasteiger partial charge in [0.2, 0.25) is 0 Å². The van der Waals surface area contributed by atoms with Gasteiger partial charge in [-0.25, -0.2) is 9.48 Å². The number of benzene rings is 2. The molecule has 42 heavy (non-hydrogen) atoms. The molecule has 0 bridgehead atoms. The lowest BCUT2D eigenvalue weighted by atomic mass is 10.1. The SMILES string of the molecule is COC(=O)c1cccc(OCCOc2cccc3c2CN(c2cnn(COCC[Si](C)(C)C)c(=O)c2C(F)(F)F)C3)c1. The van der Waals surface area contributed by atoms with E-state index in [4.69, 9.17) is 18.9 Å². The summed E-state index contributed by atoms with van der Waals surface area (Å²) in [6, 6.07) is 12.7. The number of carbonyl (C=O) groups excluding carboxylic acids is 1. The van der Waals surface area contributed by atoms with E-state index in [9.17, 15) is 22.8 Å². The van der Waals surface area contributed by atoms with Gasteiger partial charge in [0.25, 0.3) is 5.56 Å². The highest BCUT2D eigenvalue weighted by Gasteiger charge is 2.40. The first-order valence-electron chi connectivity index (χ1n) is 13.4. The summed E-state index contributed by atoms with van der Waals surface area (Å²) in [6.07, 6.45) is -3.80. The molecule has 0 atom stereocenters. The number of alkyl halides is 3. The van der Waals surface area contributed by atoms with Crippen LogP contribution in [-0.2, 0) is 35.5 Å². The molecule has 9 nitrogen and oxygen atoms in total. The standard InChI is InChI=1S/C29H34F3N3O6Si/c1-38-28(37)20-7-5-9-22(15-20)40-11-12-41-25-10-6-8-21-17-34(18-23(21)25)24-16-33-35(19-39-13-14-42(2,3)4)27(36)26(24)29(30,31)32/h5-10,15-16H,11-14,17-19H2,1-4H3. The Balaban J connectivity index is 1.44. The van der Waals surface area contributed by atoms with Crippen LogP contribution in [0, 0.1) is 0 Å². The maximum absolute atomic E-state index is 14.2. The number of halogens is 3. The fraction of sp³-hybridized carbons (Fsp3) is 0.414. The lowest BCUT2D eigenvalue weighted by molar-refractivity contribution is -0.138. The van der Waals surface area contributed by atoms with E-state index in [2.05, 4.69) is 24.7 Å². The number of carbonyl (C=O) groups is 1. The molecule has 0 spiro atoms. The number of rotatable bonds is 12. The van der Waals surface area contributed by atoms with Gasteiger partial charge in [-0.2, -0.15) is 18.3 Å². The number of esters is 1. The van der Waals surface area contributed by atoms with E-state index >= 15 is 0 Å². The lowest BCUT2D eigenvalue weighted by Gasteiger charge is -2.22. The Hall–Kier alpha value is -3.84. The van der Waals surface area contributed by atoms with Gasteiger partial charge in [-0.3, -0.25) is 4.79 Å². The molecule has 3 aromatic rings. The van der Waals surface area contributed by atoms with Gasteiger partial charge in [-0.1, -0.05) is 37.8 Å². The molecule has 226 valence electrons. The van der Waals surface area contributed by atoms with Crippen molar-refractivity contribution in [3.63, 3.8) is 0 Å². The number of nitrogens with zero attached hydrogens (tertiary/aromatic N) is 3. The average molecular weight is 606 g/mol. The molecule has 1 aliphatic rings. The molecule has 0 amide bonds. The van der Waals surface area contributed by atoms with Gasteiger partial charge in [0, 0.05) is 33.3 Å². The van der Waals surface area contributed by atoms with Crippen molar-refractivity contribution in [2.24, 2.45) is 0 Å². The van der Waals surface area contributed by atoms with Crippen LogP contribution < -0.4 is 19.9 Å². The second-order valence-corrected chi connectivity index (χ2v) is 16.6. The van der Waals surface area contributed by atoms with Crippen LogP contribution in [0.1, 0.15) is 27.0 Å². The third-order valence-corrected chi connectivity index (χ3v) is 8.37. The zero-order chi connectivity index (χ0) is 30.5. The minimum Gasteiger partial charge on any atom is -0.490 e. The van der Waals surface area contributed by atoms with Gasteiger partial charge in [-0.15, -0.1) is 0 Å². The van der Waals surface area contributed by atoms with Crippen LogP contribution in [0.25, 0.3) is 0 Å². The molecule has 13 heteroatoms. The molecule has 0 saturated carbocycles. The second kappa shape index (κ2) is 13.0. The highest BCUT2D eigenvalue weighted by molar-refractivity contribution is 6.76. The number of methoxy groups -OCH3 is 1. The molecule has 0 N–H and O–H groups in total. The topological polar surface area (TPSA) is 92.1 Å². The third-order valence-electron chi connectivity index (χ3n) is 6.66. The van der Waals surface area contributed by atoms with Crippen molar-refractivity contribution in [2.75, 3.05) is 31.8 Å². The van der Waals surface area contributed by atoms with E-state index in [1.807, 2.05) is 6.07 Å². The van der Waals surface area contributed by atoms with E-state index in [-0.39, 0.29) is 38.7 Å². The van der Waals surface area contributed by atoms with Crippen LogP contribution >= 0.6 is 0 Å². The van der Waals surface area contributed by atoms with E-state index in [0.29, 0.717) is 23.7 Å². The van der Waals surface area contributed by atoms with E-state index in [1.165, 1.54) is 12.0 Å². The van der Waals surface area contributed by atoms with Gasteiger partial charge in [0.15, 0.2) is 0 Å². The van der Waals surface area contributed by atoms with Crippen LogP contribution in [-0.4, -0.2) is 50.8 Å². The summed E-state index contributed by atoms with van der Waals surface area (Å²) in [5, 5.41) is 4.00. The van der Waals surface area contributed by atoms with Gasteiger partial charge in [0.1, 0.15) is 37.0 Å². The highest BCUT2D eigenvalue weighted by atomic mass is 28.3. The summed E-state index contributed by atoms with van der Waals surface area (Å²) in [5.74, 6) is 0.495. The average Bonchev–Trinajstić information content (AvgIpc) is 3.37. The minimum atomic E-state index is -4.88. The Morgan fingerprint density at radius 2 is 1.76 bits per heavy atom. The minimum absolute atomic E-state index is 0.106. The first kappa shape index (κ1) is 31.1. The van der Waals surface area contributed by atoms with E-state index in [0.717, 1.165) is 28.0 Å². The van der Waals surface area contributed by atoms with Crippen LogP contribution in [0.3, 0.4) is 0 Å². The number of anilines is 1. The van der Waals surface area contributed by atoms with Gasteiger partial charge in [-0.05, 0) is 35.9 Å². The first-order valence-corrected chi connectivity index (χ1v) is 17.1. The van der Waals surface area contributed by atoms with Gasteiger partial charge < -0.3 is 23.8 Å². The van der Waals surface area contributed by atoms with E-state index in [1.54, 1.807) is 36.4 Å². The Morgan fingerprint density at radius 3 is 2.48 bits per heavy atom. The van der Waals surface area contributed by atoms with Crippen LogP contribution in [0.15, 0.2) is 53.5 Å². The first-order chi connectivity index (χ1) is 19.9. The molecule has 4 rings (SSSR count). The Kier molecular flexibility index (Phi) is 9.62. The summed E-state index contributed by atoms with van der Waals surface area (Å²) in [7, 11) is -0.103. The summed E-state index contributed by atoms with van der Waals surface area (Å²) in [6.45, 7) is 7.05. The van der Waals surface area contributed by atoms with Crippen molar-refractivity contribution in [3.8, 4) is 11.5 Å². The fourth-order valence-electron chi connectivity index (χ4n) is 4.45. The number of hydrogen-bond acceptors (Lipinski definition) is 8. The zero-order valence-corrected chi connectivity index (χ0v) is 25.0. The molecular weight excluding hydrogens is 571 g/mol. The van der Waals surface area contributed by atoms with Crippen molar-refractivity contribution >= 4 is 19.7 Å². The quantitative estimate of drug-likeness (QED) is 0.155. The predicted octanol–water partition coefficient (Wildman–Crippen LogP) is 5.34. The molecule has 2 heterocycles. The molecule has 0 fully saturated rings. The van der Waals surface area contributed by atoms with Crippen molar-refractivity contribution in [1.82, 2.24) is 9.78 Å². The molecular formula is C29H34F3N3O6Si. The summed E-state index contributed by atoms with van der Waals surface area (Å²) in [5.41, 5.74) is -0.949. The maximum atomic E-state index is 14.2. The largest absolute Gasteiger partial charge is 0.490 e. The summed E-state index contributed by atoms with van der Waals surface area (Å²) >= 11 is 0. The summed E-state index contributed by atoms with van der Waals surface area (Å²) < 4.78 is 65.0. The summed E-state index contributed by atoms with van der Waals surface area (Å²) in [4.78, 5) is 26.1. The Morgan fingerprint density at radius 1 is 1.02 bits per heavy atom. The van der Waals surface area contributed by atoms with Gasteiger partial charge >= 0.3 is 12.1 Å². The number of hydrogen-bond donors (Lipinski definition) is 0. The van der Waals surface area contributed by atoms with Crippen molar-refractivity contribution in [1.29, 1.82) is 0 Å². The highest BCUT2D eigenvalue weighted by Crippen LogP contribution is 2.39. The maximum Gasteiger partial charge on any atom is 0.423 e. The Labute approximate surface area is 242 Å². The lowest BCUT2D eigenvalue weighted by Crippen LogP contribution is -2.34. The zero-order valence-electron chi connectivity index (χ0n) is 24.0.